The number of anilines is 1. The molecule has 20 heavy (non-hydrogen) atoms. The van der Waals surface area contributed by atoms with Crippen molar-refractivity contribution >= 4 is 23.0 Å². The van der Waals surface area contributed by atoms with Crippen molar-refractivity contribution in [3.8, 4) is 10.4 Å². The maximum Gasteiger partial charge on any atom is 0.350 e. The molecule has 0 aliphatic rings. The molecule has 0 fully saturated rings. The summed E-state index contributed by atoms with van der Waals surface area (Å²) in [6.07, 6.45) is 0. The predicted molar refractivity (Wildman–Crippen MR) is 79.6 cm³/mol. The summed E-state index contributed by atoms with van der Waals surface area (Å²) < 4.78 is 17.8. The van der Waals surface area contributed by atoms with Crippen LogP contribution in [-0.4, -0.2) is 13.1 Å². The number of nitrogens with two attached hydrogens (primary N) is 1. The number of carbonyl (C=O) groups excluding carboxylic acids is 1. The molecule has 0 amide bonds. The molecule has 0 bridgehead atoms. The minimum Gasteiger partial charge on any atom is -0.465 e. The number of nitrogen functional groups attached to an aromatic ring is 1. The maximum absolute atomic E-state index is 13.0. The van der Waals surface area contributed by atoms with Crippen molar-refractivity contribution in [3.05, 3.63) is 40.5 Å². The van der Waals surface area contributed by atoms with E-state index in [1.54, 1.807) is 12.1 Å². The van der Waals surface area contributed by atoms with E-state index >= 15 is 0 Å². The molecule has 1 aromatic heterocycles. The summed E-state index contributed by atoms with van der Waals surface area (Å²) >= 11 is 1.28. The number of benzene rings is 1. The van der Waals surface area contributed by atoms with Crippen molar-refractivity contribution in [2.75, 3.05) is 12.8 Å². The Bertz CT molecular complexity index is 632. The van der Waals surface area contributed by atoms with Crippen LogP contribution in [0, 0.1) is 5.82 Å². The van der Waals surface area contributed by atoms with E-state index in [-0.39, 0.29) is 11.7 Å². The van der Waals surface area contributed by atoms with Crippen molar-refractivity contribution in [1.82, 2.24) is 0 Å². The summed E-state index contributed by atoms with van der Waals surface area (Å²) in [4.78, 5) is 13.0. The first-order valence-electron chi connectivity index (χ1n) is 6.22. The van der Waals surface area contributed by atoms with Gasteiger partial charge in [0.25, 0.3) is 0 Å². The maximum atomic E-state index is 13.0. The molecule has 0 radical (unpaired) electrons. The molecular weight excluding hydrogens is 277 g/mol. The fourth-order valence-electron chi connectivity index (χ4n) is 2.09. The van der Waals surface area contributed by atoms with Crippen molar-refractivity contribution in [2.24, 2.45) is 0 Å². The lowest BCUT2D eigenvalue weighted by atomic mass is 9.98. The first-order chi connectivity index (χ1) is 9.45. The van der Waals surface area contributed by atoms with Crippen molar-refractivity contribution in [1.29, 1.82) is 0 Å². The lowest BCUT2D eigenvalue weighted by Gasteiger charge is -2.09. The number of ether oxygens (including phenoxy) is 1. The molecule has 2 rings (SSSR count). The Morgan fingerprint density at radius 1 is 1.30 bits per heavy atom. The van der Waals surface area contributed by atoms with Crippen molar-refractivity contribution in [3.63, 3.8) is 0 Å². The second-order valence-electron chi connectivity index (χ2n) is 4.74. The van der Waals surface area contributed by atoms with E-state index < -0.39 is 5.97 Å². The van der Waals surface area contributed by atoms with Crippen LogP contribution in [0.25, 0.3) is 10.4 Å². The van der Waals surface area contributed by atoms with Crippen LogP contribution in [0.2, 0.25) is 0 Å². The van der Waals surface area contributed by atoms with E-state index in [9.17, 15) is 9.18 Å². The highest BCUT2D eigenvalue weighted by molar-refractivity contribution is 7.18. The van der Waals surface area contributed by atoms with E-state index in [2.05, 4.69) is 0 Å². The van der Waals surface area contributed by atoms with E-state index in [0.717, 1.165) is 16.0 Å². The molecule has 2 N–H and O–H groups in total. The third-order valence-corrected chi connectivity index (χ3v) is 4.29. The normalized spacial score (nSPS) is 10.8. The summed E-state index contributed by atoms with van der Waals surface area (Å²) in [5.74, 6) is -0.579. The molecular formula is C15H16FNO2S. The highest BCUT2D eigenvalue weighted by Gasteiger charge is 2.23. The van der Waals surface area contributed by atoms with Gasteiger partial charge in [-0.1, -0.05) is 26.0 Å². The van der Waals surface area contributed by atoms with Gasteiger partial charge in [0.2, 0.25) is 0 Å². The van der Waals surface area contributed by atoms with E-state index in [0.29, 0.717) is 10.6 Å². The van der Waals surface area contributed by atoms with Crippen molar-refractivity contribution < 1.29 is 13.9 Å². The average molecular weight is 293 g/mol. The smallest absolute Gasteiger partial charge is 0.350 e. The Kier molecular flexibility index (Phi) is 4.09. The fraction of sp³-hybridized carbons (Fsp3) is 0.267. The lowest BCUT2D eigenvalue weighted by Crippen LogP contribution is -2.03. The third-order valence-electron chi connectivity index (χ3n) is 3.04. The van der Waals surface area contributed by atoms with Gasteiger partial charge in [-0.05, 0) is 29.2 Å². The minimum absolute atomic E-state index is 0.157. The van der Waals surface area contributed by atoms with Crippen LogP contribution >= 0.6 is 11.3 Å². The Labute approximate surface area is 121 Å². The van der Waals surface area contributed by atoms with E-state index in [1.165, 1.54) is 30.6 Å². The standard InChI is InChI=1S/C15H16FNO2S/c1-8(2)11-12(17)14(15(18)19-3)20-13(11)9-4-6-10(16)7-5-9/h4-8H,17H2,1-3H3. The SMILES string of the molecule is COC(=O)c1sc(-c2ccc(F)cc2)c(C(C)C)c1N. The molecule has 0 saturated heterocycles. The molecule has 1 heterocycles. The van der Waals surface area contributed by atoms with Gasteiger partial charge in [0, 0.05) is 4.88 Å². The van der Waals surface area contributed by atoms with Crippen molar-refractivity contribution in [2.45, 2.75) is 19.8 Å². The number of thiophene rings is 1. The monoisotopic (exact) mass is 293 g/mol. The second-order valence-corrected chi connectivity index (χ2v) is 5.76. The summed E-state index contributed by atoms with van der Waals surface area (Å²) in [5.41, 5.74) is 8.29. The molecule has 106 valence electrons. The number of methoxy groups -OCH3 is 1. The molecule has 0 spiro atoms. The third kappa shape index (κ3) is 2.54. The van der Waals surface area contributed by atoms with Gasteiger partial charge in [-0.25, -0.2) is 9.18 Å². The quantitative estimate of drug-likeness (QED) is 0.869. The fourth-order valence-corrected chi connectivity index (χ4v) is 3.39. The Morgan fingerprint density at radius 2 is 1.90 bits per heavy atom. The molecule has 5 heteroatoms. The summed E-state index contributed by atoms with van der Waals surface area (Å²) in [6, 6.07) is 6.17. The molecule has 2 aromatic rings. The van der Waals surface area contributed by atoms with Crippen LogP contribution in [0.5, 0.6) is 0 Å². The number of carbonyl (C=O) groups is 1. The average Bonchev–Trinajstić information content (AvgIpc) is 2.76. The zero-order valence-corrected chi connectivity index (χ0v) is 12.4. The Hall–Kier alpha value is -1.88. The molecule has 0 aliphatic carbocycles. The number of hydrogen-bond acceptors (Lipinski definition) is 4. The highest BCUT2D eigenvalue weighted by atomic mass is 32.1. The summed E-state index contributed by atoms with van der Waals surface area (Å²) in [5, 5.41) is 0. The predicted octanol–water partition coefficient (Wildman–Crippen LogP) is 4.05. The number of esters is 1. The molecule has 1 aromatic carbocycles. The van der Waals surface area contributed by atoms with E-state index in [4.69, 9.17) is 10.5 Å². The molecule has 0 unspecified atom stereocenters. The minimum atomic E-state index is -0.442. The van der Waals surface area contributed by atoms with Crippen LogP contribution in [-0.2, 0) is 4.74 Å². The van der Waals surface area contributed by atoms with Gasteiger partial charge >= 0.3 is 5.97 Å². The van der Waals surface area contributed by atoms with E-state index in [1.807, 2.05) is 13.8 Å². The largest absolute Gasteiger partial charge is 0.465 e. The summed E-state index contributed by atoms with van der Waals surface area (Å²) in [7, 11) is 1.33. The highest BCUT2D eigenvalue weighted by Crippen LogP contribution is 2.42. The topological polar surface area (TPSA) is 52.3 Å². The van der Waals surface area contributed by atoms with Gasteiger partial charge in [0.1, 0.15) is 10.7 Å². The number of halogens is 1. The molecule has 0 atom stereocenters. The molecule has 3 nitrogen and oxygen atoms in total. The van der Waals surface area contributed by atoms with Crippen LogP contribution in [0.1, 0.15) is 35.0 Å². The van der Waals surface area contributed by atoms with Crippen LogP contribution in [0.15, 0.2) is 24.3 Å². The first-order valence-corrected chi connectivity index (χ1v) is 7.03. The van der Waals surface area contributed by atoms with Gasteiger partial charge in [-0.15, -0.1) is 11.3 Å². The zero-order valence-electron chi connectivity index (χ0n) is 11.6. The van der Waals surface area contributed by atoms with Gasteiger partial charge < -0.3 is 10.5 Å². The van der Waals surface area contributed by atoms with Crippen LogP contribution in [0.4, 0.5) is 10.1 Å². The Balaban J connectivity index is 2.62. The van der Waals surface area contributed by atoms with Gasteiger partial charge in [-0.3, -0.25) is 0 Å². The van der Waals surface area contributed by atoms with Gasteiger partial charge in [0.05, 0.1) is 12.8 Å². The first kappa shape index (κ1) is 14.5. The zero-order chi connectivity index (χ0) is 14.9. The number of hydrogen-bond donors (Lipinski definition) is 1. The summed E-state index contributed by atoms with van der Waals surface area (Å²) in [6.45, 7) is 4.01. The van der Waals surface area contributed by atoms with Crippen LogP contribution < -0.4 is 5.73 Å². The second kappa shape index (κ2) is 5.63. The Morgan fingerprint density at radius 3 is 2.40 bits per heavy atom. The molecule has 0 aliphatic heterocycles. The van der Waals surface area contributed by atoms with Gasteiger partial charge in [-0.2, -0.15) is 0 Å². The molecule has 0 saturated carbocycles. The lowest BCUT2D eigenvalue weighted by molar-refractivity contribution is 0.0607. The number of rotatable bonds is 3. The van der Waals surface area contributed by atoms with Crippen LogP contribution in [0.3, 0.4) is 0 Å². The van der Waals surface area contributed by atoms with Gasteiger partial charge in [0.15, 0.2) is 0 Å².